The van der Waals surface area contributed by atoms with Crippen molar-refractivity contribution in [2.75, 3.05) is 22.5 Å². The van der Waals surface area contributed by atoms with Gasteiger partial charge in [-0.05, 0) is 48.2 Å². The smallest absolute Gasteiger partial charge is 0.243 e. The first-order valence-corrected chi connectivity index (χ1v) is 8.60. The molecule has 1 unspecified atom stereocenters. The number of nitrogens with one attached hydrogen (secondary N) is 3. The van der Waals surface area contributed by atoms with Gasteiger partial charge in [0.1, 0.15) is 5.82 Å². The van der Waals surface area contributed by atoms with E-state index in [4.69, 9.17) is 0 Å². The number of halogens is 1. The zero-order valence-electron chi connectivity index (χ0n) is 15.2. The fourth-order valence-corrected chi connectivity index (χ4v) is 2.45. The number of carbonyl (C=O) groups excluding carboxylic acids is 2. The highest BCUT2D eigenvalue weighted by Crippen LogP contribution is 2.21. The van der Waals surface area contributed by atoms with Crippen molar-refractivity contribution in [2.24, 2.45) is 0 Å². The van der Waals surface area contributed by atoms with E-state index in [9.17, 15) is 14.0 Å². The molecule has 6 heteroatoms. The third-order valence-corrected chi connectivity index (χ3v) is 4.10. The Kier molecular flexibility index (Phi) is 6.72. The summed E-state index contributed by atoms with van der Waals surface area (Å²) in [6.07, 6.45) is 1.05. The van der Waals surface area contributed by atoms with Crippen molar-refractivity contribution in [2.45, 2.75) is 33.1 Å². The summed E-state index contributed by atoms with van der Waals surface area (Å²) >= 11 is 0. The summed E-state index contributed by atoms with van der Waals surface area (Å²) in [5.41, 5.74) is 2.53. The van der Waals surface area contributed by atoms with Gasteiger partial charge in [-0.3, -0.25) is 9.59 Å². The first-order chi connectivity index (χ1) is 12.4. The predicted octanol–water partition coefficient (Wildman–Crippen LogP) is 4.35. The van der Waals surface area contributed by atoms with Crippen LogP contribution in [-0.4, -0.2) is 18.4 Å². The van der Waals surface area contributed by atoms with Crippen LogP contribution < -0.4 is 16.0 Å². The summed E-state index contributed by atoms with van der Waals surface area (Å²) in [6, 6.07) is 11.8. The molecular weight excluding hydrogens is 333 g/mol. The number of hydrogen-bond acceptors (Lipinski definition) is 3. The van der Waals surface area contributed by atoms with Gasteiger partial charge in [-0.25, -0.2) is 4.39 Å². The average molecular weight is 357 g/mol. The normalized spacial score (nSPS) is 11.5. The number of anilines is 3. The molecule has 1 atom stereocenters. The summed E-state index contributed by atoms with van der Waals surface area (Å²) in [4.78, 5) is 23.1. The van der Waals surface area contributed by atoms with E-state index < -0.39 is 5.82 Å². The van der Waals surface area contributed by atoms with Gasteiger partial charge in [0.25, 0.3) is 0 Å². The standard InChI is InChI=1S/C20H24FN3O2/c1-4-13(2)15-5-7-16(8-6-15)24-20(26)12-22-19-11-17(23-14(3)25)9-10-18(19)21/h5-11,13,22H,4,12H2,1-3H3,(H,23,25)(H,24,26). The summed E-state index contributed by atoms with van der Waals surface area (Å²) in [6.45, 7) is 5.57. The van der Waals surface area contributed by atoms with E-state index in [1.54, 1.807) is 0 Å². The molecule has 0 aliphatic rings. The predicted molar refractivity (Wildman–Crippen MR) is 103 cm³/mol. The van der Waals surface area contributed by atoms with E-state index in [0.29, 0.717) is 17.3 Å². The molecule has 0 radical (unpaired) electrons. The average Bonchev–Trinajstić information content (AvgIpc) is 2.61. The highest BCUT2D eigenvalue weighted by Gasteiger charge is 2.08. The van der Waals surface area contributed by atoms with Crippen molar-refractivity contribution in [1.29, 1.82) is 0 Å². The Bertz CT molecular complexity index is 775. The van der Waals surface area contributed by atoms with Crippen LogP contribution in [0.3, 0.4) is 0 Å². The molecule has 2 rings (SSSR count). The second kappa shape index (κ2) is 8.99. The van der Waals surface area contributed by atoms with Crippen LogP contribution in [-0.2, 0) is 9.59 Å². The SMILES string of the molecule is CCC(C)c1ccc(NC(=O)CNc2cc(NC(C)=O)ccc2F)cc1. The van der Waals surface area contributed by atoms with Crippen LogP contribution in [0.4, 0.5) is 21.5 Å². The summed E-state index contributed by atoms with van der Waals surface area (Å²) in [5.74, 6) is -0.558. The van der Waals surface area contributed by atoms with Gasteiger partial charge in [0.15, 0.2) is 0 Å². The molecule has 0 saturated heterocycles. The minimum Gasteiger partial charge on any atom is -0.374 e. The van der Waals surface area contributed by atoms with Gasteiger partial charge in [0.05, 0.1) is 12.2 Å². The van der Waals surface area contributed by atoms with Gasteiger partial charge in [0, 0.05) is 18.3 Å². The quantitative estimate of drug-likeness (QED) is 0.690. The molecule has 0 bridgehead atoms. The number of carbonyl (C=O) groups is 2. The Morgan fingerprint density at radius 1 is 1.04 bits per heavy atom. The van der Waals surface area contributed by atoms with Crippen molar-refractivity contribution in [3.05, 3.63) is 53.8 Å². The van der Waals surface area contributed by atoms with E-state index in [1.165, 1.54) is 30.7 Å². The molecule has 0 fully saturated rings. The van der Waals surface area contributed by atoms with Crippen molar-refractivity contribution in [3.8, 4) is 0 Å². The van der Waals surface area contributed by atoms with Crippen LogP contribution in [0.15, 0.2) is 42.5 Å². The summed E-state index contributed by atoms with van der Waals surface area (Å²) in [5, 5.41) is 8.09. The minimum atomic E-state index is -0.496. The summed E-state index contributed by atoms with van der Waals surface area (Å²) in [7, 11) is 0. The Hall–Kier alpha value is -2.89. The van der Waals surface area contributed by atoms with Gasteiger partial charge in [0.2, 0.25) is 11.8 Å². The van der Waals surface area contributed by atoms with E-state index in [2.05, 4.69) is 29.8 Å². The van der Waals surface area contributed by atoms with Gasteiger partial charge < -0.3 is 16.0 Å². The molecule has 26 heavy (non-hydrogen) atoms. The van der Waals surface area contributed by atoms with Gasteiger partial charge in [-0.1, -0.05) is 26.0 Å². The Labute approximate surface area is 153 Å². The van der Waals surface area contributed by atoms with E-state index in [1.807, 2.05) is 24.3 Å². The van der Waals surface area contributed by atoms with Crippen molar-refractivity contribution in [3.63, 3.8) is 0 Å². The maximum absolute atomic E-state index is 13.8. The van der Waals surface area contributed by atoms with Crippen LogP contribution >= 0.6 is 0 Å². The molecular formula is C20H24FN3O2. The van der Waals surface area contributed by atoms with E-state index >= 15 is 0 Å². The Balaban J connectivity index is 1.93. The van der Waals surface area contributed by atoms with Crippen molar-refractivity contribution in [1.82, 2.24) is 0 Å². The number of benzene rings is 2. The molecule has 2 amide bonds. The monoisotopic (exact) mass is 357 g/mol. The third kappa shape index (κ3) is 5.58. The Morgan fingerprint density at radius 2 is 1.69 bits per heavy atom. The van der Waals surface area contributed by atoms with Crippen LogP contribution in [0, 0.1) is 5.82 Å². The maximum Gasteiger partial charge on any atom is 0.243 e. The van der Waals surface area contributed by atoms with E-state index in [0.717, 1.165) is 6.42 Å². The lowest BCUT2D eigenvalue weighted by atomic mass is 9.99. The second-order valence-electron chi connectivity index (χ2n) is 6.21. The summed E-state index contributed by atoms with van der Waals surface area (Å²) < 4.78 is 13.8. The van der Waals surface area contributed by atoms with Crippen molar-refractivity contribution >= 4 is 28.9 Å². The minimum absolute atomic E-state index is 0.0897. The van der Waals surface area contributed by atoms with Gasteiger partial charge in [-0.15, -0.1) is 0 Å². The molecule has 2 aromatic rings. The molecule has 0 aromatic heterocycles. The zero-order chi connectivity index (χ0) is 19.1. The Morgan fingerprint density at radius 3 is 2.31 bits per heavy atom. The first-order valence-electron chi connectivity index (χ1n) is 8.60. The largest absolute Gasteiger partial charge is 0.374 e. The first kappa shape index (κ1) is 19.4. The third-order valence-electron chi connectivity index (χ3n) is 4.10. The highest BCUT2D eigenvalue weighted by molar-refractivity contribution is 5.94. The maximum atomic E-state index is 13.8. The van der Waals surface area contributed by atoms with Crippen LogP contribution in [0.1, 0.15) is 38.7 Å². The molecule has 0 spiro atoms. The lowest BCUT2D eigenvalue weighted by Crippen LogP contribution is -2.22. The lowest BCUT2D eigenvalue weighted by molar-refractivity contribution is -0.115. The molecule has 0 saturated carbocycles. The molecule has 3 N–H and O–H groups in total. The van der Waals surface area contributed by atoms with Crippen LogP contribution in [0.2, 0.25) is 0 Å². The molecule has 5 nitrogen and oxygen atoms in total. The molecule has 0 aliphatic carbocycles. The number of rotatable bonds is 7. The lowest BCUT2D eigenvalue weighted by Gasteiger charge is -2.12. The number of hydrogen-bond donors (Lipinski definition) is 3. The topological polar surface area (TPSA) is 70.2 Å². The van der Waals surface area contributed by atoms with E-state index in [-0.39, 0.29) is 24.0 Å². The zero-order valence-corrected chi connectivity index (χ0v) is 15.2. The molecule has 2 aromatic carbocycles. The van der Waals surface area contributed by atoms with Crippen molar-refractivity contribution < 1.29 is 14.0 Å². The molecule has 138 valence electrons. The number of amides is 2. The fraction of sp³-hybridized carbons (Fsp3) is 0.300. The van der Waals surface area contributed by atoms with Crippen LogP contribution in [0.5, 0.6) is 0 Å². The molecule has 0 heterocycles. The second-order valence-corrected chi connectivity index (χ2v) is 6.21. The van der Waals surface area contributed by atoms with Crippen LogP contribution in [0.25, 0.3) is 0 Å². The molecule has 0 aliphatic heterocycles. The fourth-order valence-electron chi connectivity index (χ4n) is 2.45. The van der Waals surface area contributed by atoms with Gasteiger partial charge in [-0.2, -0.15) is 0 Å². The highest BCUT2D eigenvalue weighted by atomic mass is 19.1. The van der Waals surface area contributed by atoms with Gasteiger partial charge >= 0.3 is 0 Å².